The van der Waals surface area contributed by atoms with Gasteiger partial charge in [0.2, 0.25) is 5.27 Å². The molecule has 0 saturated carbocycles. The van der Waals surface area contributed by atoms with Gasteiger partial charge in [-0.1, -0.05) is 36.4 Å². The average Bonchev–Trinajstić information content (AvgIpc) is 2.64. The largest absolute Gasteiger partial charge is 0.346 e. The molecule has 0 radical (unpaired) electrons. The molecule has 0 spiro atoms. The number of ether oxygens (including phenoxy) is 2. The van der Waals surface area contributed by atoms with Crippen LogP contribution in [0.1, 0.15) is 22.3 Å². The quantitative estimate of drug-likeness (QED) is 0.587. The van der Waals surface area contributed by atoms with Gasteiger partial charge in [-0.3, -0.25) is 0 Å². The lowest BCUT2D eigenvalue weighted by Gasteiger charge is -2.43. The Morgan fingerprint density at radius 3 is 1.56 bits per heavy atom. The number of rotatable bonds is 2. The van der Waals surface area contributed by atoms with Crippen LogP contribution in [0.25, 0.3) is 0 Å². The topological polar surface area (TPSA) is 18.5 Å². The van der Waals surface area contributed by atoms with E-state index >= 15 is 0 Å². The summed E-state index contributed by atoms with van der Waals surface area (Å²) in [6, 6.07) is 14.2. The van der Waals surface area contributed by atoms with Crippen molar-refractivity contribution in [3.05, 3.63) is 58.7 Å². The Labute approximate surface area is 153 Å². The summed E-state index contributed by atoms with van der Waals surface area (Å²) in [6.07, 6.45) is 4.40. The van der Waals surface area contributed by atoms with E-state index in [9.17, 15) is 0 Å². The second kappa shape index (κ2) is 6.75. The summed E-state index contributed by atoms with van der Waals surface area (Å²) >= 11 is 0. The molecule has 0 aliphatic carbocycles. The van der Waals surface area contributed by atoms with Gasteiger partial charge in [0.05, 0.1) is 0 Å². The van der Waals surface area contributed by atoms with Gasteiger partial charge in [0.15, 0.2) is 0 Å². The van der Waals surface area contributed by atoms with Gasteiger partial charge < -0.3 is 9.47 Å². The fraction of sp³-hybridized carbons (Fsp3) is 0.429. The molecule has 2 heterocycles. The predicted octanol–water partition coefficient (Wildman–Crippen LogP) is 3.96. The van der Waals surface area contributed by atoms with E-state index in [1.165, 1.54) is 32.9 Å². The number of benzene rings is 2. The first-order chi connectivity index (χ1) is 12.1. The van der Waals surface area contributed by atoms with Crippen molar-refractivity contribution in [1.82, 2.24) is 0 Å². The van der Waals surface area contributed by atoms with Crippen LogP contribution in [-0.2, 0) is 35.2 Å². The van der Waals surface area contributed by atoms with E-state index in [1.807, 2.05) is 14.2 Å². The van der Waals surface area contributed by atoms with Crippen LogP contribution in [0.5, 0.6) is 0 Å². The summed E-state index contributed by atoms with van der Waals surface area (Å²) in [6.45, 7) is 4.69. The molecule has 0 aromatic heterocycles. The van der Waals surface area contributed by atoms with Gasteiger partial charge in [-0.15, -0.1) is 0 Å². The Morgan fingerprint density at radius 1 is 0.720 bits per heavy atom. The van der Waals surface area contributed by atoms with Crippen molar-refractivity contribution < 1.29 is 9.47 Å². The van der Waals surface area contributed by atoms with Crippen LogP contribution in [0, 0.1) is 0 Å². The molecular formula is C21H26O2P2. The second-order valence-corrected chi connectivity index (χ2v) is 11.7. The lowest BCUT2D eigenvalue weighted by atomic mass is 9.96. The van der Waals surface area contributed by atoms with Crippen molar-refractivity contribution in [2.45, 2.75) is 31.0 Å². The molecule has 2 aliphatic heterocycles. The molecule has 0 fully saturated rings. The predicted molar refractivity (Wildman–Crippen MR) is 109 cm³/mol. The number of fused-ring (bicyclic) bond motifs is 4. The van der Waals surface area contributed by atoms with Crippen LogP contribution < -0.4 is 10.6 Å². The van der Waals surface area contributed by atoms with Crippen LogP contribution in [0.3, 0.4) is 0 Å². The van der Waals surface area contributed by atoms with Crippen molar-refractivity contribution in [1.29, 1.82) is 0 Å². The molecule has 4 rings (SSSR count). The van der Waals surface area contributed by atoms with Crippen LogP contribution in [-0.4, -0.2) is 32.8 Å². The second-order valence-electron chi connectivity index (χ2n) is 7.00. The van der Waals surface area contributed by atoms with Crippen LogP contribution in [0.4, 0.5) is 0 Å². The van der Waals surface area contributed by atoms with Gasteiger partial charge in [0, 0.05) is 14.2 Å². The van der Waals surface area contributed by atoms with E-state index in [2.05, 4.69) is 49.7 Å². The molecule has 2 aliphatic rings. The molecule has 2 aromatic carbocycles. The average molecular weight is 372 g/mol. The monoisotopic (exact) mass is 372 g/mol. The highest BCUT2D eigenvalue weighted by molar-refractivity contribution is 7.83. The zero-order valence-electron chi connectivity index (χ0n) is 15.5. The standard InChI is InChI=1S/C21H26O2P2/c1-22-21(23-2)24(3)19-13-15-5-9-17(19)11-7-16-6-10-18(12-8-15)20(14-16)25(21)4/h5-6,9-10,13-14H,7-8,11-12H2,1-4H3. The zero-order valence-corrected chi connectivity index (χ0v) is 17.3. The van der Waals surface area contributed by atoms with Crippen molar-refractivity contribution in [2.24, 2.45) is 0 Å². The first-order valence-corrected chi connectivity index (χ1v) is 12.5. The molecule has 2 aromatic rings. The summed E-state index contributed by atoms with van der Waals surface area (Å²) in [5.41, 5.74) is 5.80. The maximum atomic E-state index is 6.19. The Morgan fingerprint density at radius 2 is 1.16 bits per heavy atom. The summed E-state index contributed by atoms with van der Waals surface area (Å²) in [5.74, 6) is 0. The minimum atomic E-state index is -0.594. The summed E-state index contributed by atoms with van der Waals surface area (Å²) in [5, 5.41) is 2.42. The first-order valence-electron chi connectivity index (χ1n) is 8.90. The molecule has 0 N–H and O–H groups in total. The van der Waals surface area contributed by atoms with Gasteiger partial charge in [0.1, 0.15) is 0 Å². The van der Waals surface area contributed by atoms with Crippen LogP contribution >= 0.6 is 15.8 Å². The normalized spacial score (nSPS) is 24.0. The highest BCUT2D eigenvalue weighted by atomic mass is 31.2. The van der Waals surface area contributed by atoms with Crippen LogP contribution in [0.2, 0.25) is 0 Å². The lowest BCUT2D eigenvalue weighted by Crippen LogP contribution is -2.38. The minimum Gasteiger partial charge on any atom is -0.346 e. The molecule has 2 nitrogen and oxygen atoms in total. The Bertz CT molecular complexity index is 735. The maximum Gasteiger partial charge on any atom is 0.212 e. The molecule has 4 bridgehead atoms. The Kier molecular flexibility index (Phi) is 4.76. The van der Waals surface area contributed by atoms with Crippen molar-refractivity contribution in [3.8, 4) is 0 Å². The third kappa shape index (κ3) is 2.79. The van der Waals surface area contributed by atoms with E-state index in [4.69, 9.17) is 9.47 Å². The van der Waals surface area contributed by atoms with Gasteiger partial charge in [-0.2, -0.15) is 0 Å². The first kappa shape index (κ1) is 17.6. The van der Waals surface area contributed by atoms with E-state index in [1.54, 1.807) is 0 Å². The number of hydrogen-bond donors (Lipinski definition) is 0. The molecular weight excluding hydrogens is 346 g/mol. The van der Waals surface area contributed by atoms with Crippen LogP contribution in [0.15, 0.2) is 36.4 Å². The fourth-order valence-electron chi connectivity index (χ4n) is 4.30. The number of aryl methyl sites for hydroxylation is 4. The number of hydrogen-bond acceptors (Lipinski definition) is 2. The Hall–Kier alpha value is -0.780. The third-order valence-electron chi connectivity index (χ3n) is 5.77. The summed E-state index contributed by atoms with van der Waals surface area (Å²) in [7, 11) is 2.46. The molecule has 4 heteroatoms. The summed E-state index contributed by atoms with van der Waals surface area (Å²) in [4.78, 5) is 0. The van der Waals surface area contributed by atoms with E-state index < -0.39 is 21.1 Å². The smallest absolute Gasteiger partial charge is 0.212 e. The van der Waals surface area contributed by atoms with Crippen molar-refractivity contribution in [3.63, 3.8) is 0 Å². The fourth-order valence-corrected chi connectivity index (χ4v) is 10.4. The highest BCUT2D eigenvalue weighted by Gasteiger charge is 2.45. The van der Waals surface area contributed by atoms with Gasteiger partial charge in [-0.25, -0.2) is 0 Å². The van der Waals surface area contributed by atoms with Crippen molar-refractivity contribution >= 4 is 26.5 Å². The van der Waals surface area contributed by atoms with Gasteiger partial charge in [-0.05, 0) is 87.7 Å². The molecule has 0 amide bonds. The SMILES string of the molecule is COC1(OC)P(C)c2cc3ccc2CCc2ccc(c(c2)P1C)CC3. The van der Waals surface area contributed by atoms with Gasteiger partial charge >= 0.3 is 0 Å². The van der Waals surface area contributed by atoms with E-state index in [0.717, 1.165) is 25.7 Å². The maximum absolute atomic E-state index is 6.19. The highest BCUT2D eigenvalue weighted by Crippen LogP contribution is 2.64. The Balaban J connectivity index is 2.05. The minimum absolute atomic E-state index is 0.528. The molecule has 2 atom stereocenters. The van der Waals surface area contributed by atoms with E-state index in [-0.39, 0.29) is 0 Å². The number of methoxy groups -OCH3 is 2. The molecule has 25 heavy (non-hydrogen) atoms. The lowest BCUT2D eigenvalue weighted by molar-refractivity contribution is -0.0715. The molecule has 132 valence electrons. The molecule has 2 unspecified atom stereocenters. The third-order valence-corrected chi connectivity index (χ3v) is 12.3. The molecule has 0 saturated heterocycles. The zero-order chi connectivity index (χ0) is 17.6. The van der Waals surface area contributed by atoms with Crippen molar-refractivity contribution in [2.75, 3.05) is 27.5 Å². The van der Waals surface area contributed by atoms with Gasteiger partial charge in [0.25, 0.3) is 0 Å². The summed E-state index contributed by atoms with van der Waals surface area (Å²) < 4.78 is 12.4. The van der Waals surface area contributed by atoms with E-state index in [0.29, 0.717) is 0 Å².